The highest BCUT2D eigenvalue weighted by Gasteiger charge is 2.34. The molecule has 5 heteroatoms. The highest BCUT2D eigenvalue weighted by molar-refractivity contribution is 5.33. The Labute approximate surface area is 91.6 Å². The Balaban J connectivity index is 3.17. The first-order valence-electron chi connectivity index (χ1n) is 4.56. The predicted octanol–water partition coefficient (Wildman–Crippen LogP) is 2.23. The van der Waals surface area contributed by atoms with Crippen LogP contribution in [0.2, 0.25) is 0 Å². The van der Waals surface area contributed by atoms with Crippen molar-refractivity contribution >= 4 is 0 Å². The average molecular weight is 228 g/mol. The summed E-state index contributed by atoms with van der Waals surface area (Å²) in [6.45, 7) is 0. The second kappa shape index (κ2) is 5.01. The molecule has 16 heavy (non-hydrogen) atoms. The molecule has 1 aromatic rings. The Morgan fingerprint density at radius 2 is 2.00 bits per heavy atom. The van der Waals surface area contributed by atoms with Gasteiger partial charge in [0.1, 0.15) is 0 Å². The maximum absolute atomic E-state index is 12.7. The second-order valence-corrected chi connectivity index (χ2v) is 3.21. The minimum Gasteiger partial charge on any atom is -0.271 e. The van der Waals surface area contributed by atoms with Crippen molar-refractivity contribution in [3.05, 3.63) is 35.4 Å². The van der Waals surface area contributed by atoms with Gasteiger partial charge in [-0.2, -0.15) is 13.2 Å². The molecule has 1 atom stereocenters. The lowest BCUT2D eigenvalue weighted by molar-refractivity contribution is -0.138. The van der Waals surface area contributed by atoms with Gasteiger partial charge in [-0.05, 0) is 11.6 Å². The lowest BCUT2D eigenvalue weighted by atomic mass is 9.98. The molecule has 0 bridgehead atoms. The van der Waals surface area contributed by atoms with Crippen LogP contribution in [0.3, 0.4) is 0 Å². The van der Waals surface area contributed by atoms with Gasteiger partial charge >= 0.3 is 6.18 Å². The predicted molar refractivity (Wildman–Crippen MR) is 55.0 cm³/mol. The maximum Gasteiger partial charge on any atom is 0.416 e. The molecule has 3 N–H and O–H groups in total. The molecule has 1 rings (SSSR count). The summed E-state index contributed by atoms with van der Waals surface area (Å²) in [5, 5.41) is 0. The van der Waals surface area contributed by atoms with Gasteiger partial charge in [0.15, 0.2) is 0 Å². The molecule has 0 radical (unpaired) electrons. The van der Waals surface area contributed by atoms with Crippen molar-refractivity contribution in [2.24, 2.45) is 5.84 Å². The number of hydrogen-bond acceptors (Lipinski definition) is 2. The minimum atomic E-state index is -4.40. The summed E-state index contributed by atoms with van der Waals surface area (Å²) in [7, 11) is 0. The van der Waals surface area contributed by atoms with E-state index < -0.39 is 17.8 Å². The fraction of sp³-hybridized carbons (Fsp3) is 0.273. The van der Waals surface area contributed by atoms with Crippen LogP contribution in [-0.4, -0.2) is 0 Å². The number of halogens is 3. The molecule has 0 fully saturated rings. The van der Waals surface area contributed by atoms with Crippen molar-refractivity contribution in [3.63, 3.8) is 0 Å². The number of nitrogens with two attached hydrogens (primary N) is 1. The Bertz CT molecular complexity index is 393. The van der Waals surface area contributed by atoms with Gasteiger partial charge in [0.2, 0.25) is 0 Å². The summed E-state index contributed by atoms with van der Waals surface area (Å²) in [4.78, 5) is 0. The van der Waals surface area contributed by atoms with E-state index in [2.05, 4.69) is 11.3 Å². The summed E-state index contributed by atoms with van der Waals surface area (Å²) >= 11 is 0. The molecular weight excluding hydrogens is 217 g/mol. The Morgan fingerprint density at radius 3 is 2.50 bits per heavy atom. The molecule has 0 saturated carbocycles. The zero-order chi connectivity index (χ0) is 12.2. The Hall–Kier alpha value is -1.51. The van der Waals surface area contributed by atoms with Crippen LogP contribution in [0.25, 0.3) is 0 Å². The third-order valence-corrected chi connectivity index (χ3v) is 2.16. The highest BCUT2D eigenvalue weighted by Crippen LogP contribution is 2.34. The molecule has 0 spiro atoms. The molecular formula is C11H11F3N2. The van der Waals surface area contributed by atoms with Gasteiger partial charge in [0.05, 0.1) is 11.6 Å². The monoisotopic (exact) mass is 228 g/mol. The van der Waals surface area contributed by atoms with Gasteiger partial charge in [0.25, 0.3) is 0 Å². The highest BCUT2D eigenvalue weighted by atomic mass is 19.4. The number of rotatable bonds is 3. The topological polar surface area (TPSA) is 38.0 Å². The van der Waals surface area contributed by atoms with Gasteiger partial charge in [-0.25, -0.2) is 0 Å². The van der Waals surface area contributed by atoms with E-state index in [4.69, 9.17) is 12.3 Å². The van der Waals surface area contributed by atoms with Crippen LogP contribution in [0, 0.1) is 12.3 Å². The summed E-state index contributed by atoms with van der Waals surface area (Å²) in [6, 6.07) is 4.53. The summed E-state index contributed by atoms with van der Waals surface area (Å²) in [6.07, 6.45) is 0.773. The van der Waals surface area contributed by atoms with Gasteiger partial charge < -0.3 is 0 Å². The van der Waals surface area contributed by atoms with E-state index in [1.165, 1.54) is 18.2 Å². The first kappa shape index (κ1) is 12.6. The summed E-state index contributed by atoms with van der Waals surface area (Å²) in [5.74, 6) is 7.48. The van der Waals surface area contributed by atoms with E-state index >= 15 is 0 Å². The summed E-state index contributed by atoms with van der Waals surface area (Å²) in [5.41, 5.74) is 1.64. The number of benzene rings is 1. The van der Waals surface area contributed by atoms with Crippen LogP contribution < -0.4 is 11.3 Å². The van der Waals surface area contributed by atoms with Crippen LogP contribution in [-0.2, 0) is 6.18 Å². The van der Waals surface area contributed by atoms with E-state index in [-0.39, 0.29) is 12.0 Å². The lowest BCUT2D eigenvalue weighted by Gasteiger charge is -2.19. The van der Waals surface area contributed by atoms with Gasteiger partial charge in [-0.15, -0.1) is 12.3 Å². The zero-order valence-electron chi connectivity index (χ0n) is 8.38. The first-order chi connectivity index (χ1) is 7.50. The maximum atomic E-state index is 12.7. The molecule has 0 aliphatic heterocycles. The van der Waals surface area contributed by atoms with Crippen LogP contribution >= 0.6 is 0 Å². The number of nitrogens with one attached hydrogen (secondary N) is 1. The number of hydrogen-bond donors (Lipinski definition) is 2. The fourth-order valence-corrected chi connectivity index (χ4v) is 1.44. The van der Waals surface area contributed by atoms with Crippen LogP contribution in [0.5, 0.6) is 0 Å². The third kappa shape index (κ3) is 2.75. The molecule has 1 aromatic carbocycles. The minimum absolute atomic E-state index is 0.0652. The van der Waals surface area contributed by atoms with Crippen LogP contribution in [0.4, 0.5) is 13.2 Å². The molecule has 0 heterocycles. The molecule has 1 unspecified atom stereocenters. The molecule has 0 saturated heterocycles. The lowest BCUT2D eigenvalue weighted by Crippen LogP contribution is -2.29. The second-order valence-electron chi connectivity index (χ2n) is 3.21. The van der Waals surface area contributed by atoms with Crippen LogP contribution in [0.15, 0.2) is 24.3 Å². The van der Waals surface area contributed by atoms with Gasteiger partial charge in [-0.3, -0.25) is 11.3 Å². The molecule has 2 nitrogen and oxygen atoms in total. The molecule has 0 aliphatic carbocycles. The van der Waals surface area contributed by atoms with Crippen molar-refractivity contribution in [2.75, 3.05) is 0 Å². The van der Waals surface area contributed by atoms with Gasteiger partial charge in [-0.1, -0.05) is 18.2 Å². The summed E-state index contributed by atoms with van der Waals surface area (Å²) < 4.78 is 38.0. The SMILES string of the molecule is C#CCC(NN)c1ccccc1C(F)(F)F. The largest absolute Gasteiger partial charge is 0.416 e. The van der Waals surface area contributed by atoms with Crippen molar-refractivity contribution in [2.45, 2.75) is 18.6 Å². The number of terminal acetylenes is 1. The molecule has 0 amide bonds. The van der Waals surface area contributed by atoms with Crippen LogP contribution in [0.1, 0.15) is 23.6 Å². The van der Waals surface area contributed by atoms with E-state index in [0.717, 1.165) is 6.07 Å². The molecule has 86 valence electrons. The Morgan fingerprint density at radius 1 is 1.38 bits per heavy atom. The van der Waals surface area contributed by atoms with Crippen molar-refractivity contribution in [1.82, 2.24) is 5.43 Å². The Kier molecular flexibility index (Phi) is 3.93. The van der Waals surface area contributed by atoms with E-state index in [0.29, 0.717) is 0 Å². The fourth-order valence-electron chi connectivity index (χ4n) is 1.44. The third-order valence-electron chi connectivity index (χ3n) is 2.16. The smallest absolute Gasteiger partial charge is 0.271 e. The normalized spacial score (nSPS) is 13.2. The standard InChI is InChI=1S/C11H11F3N2/c1-2-5-10(16-15)8-6-3-4-7-9(8)11(12,13)14/h1,3-4,6-7,10,16H,5,15H2. The zero-order valence-corrected chi connectivity index (χ0v) is 8.38. The average Bonchev–Trinajstić information content (AvgIpc) is 2.25. The van der Waals surface area contributed by atoms with Crippen molar-refractivity contribution < 1.29 is 13.2 Å². The van der Waals surface area contributed by atoms with Gasteiger partial charge in [0, 0.05) is 6.42 Å². The molecule has 0 aromatic heterocycles. The van der Waals surface area contributed by atoms with Crippen molar-refractivity contribution in [1.29, 1.82) is 0 Å². The first-order valence-corrected chi connectivity index (χ1v) is 4.56. The number of alkyl halides is 3. The van der Waals surface area contributed by atoms with E-state index in [9.17, 15) is 13.2 Å². The number of hydrazine groups is 1. The van der Waals surface area contributed by atoms with E-state index in [1.807, 2.05) is 0 Å². The quantitative estimate of drug-likeness (QED) is 0.473. The van der Waals surface area contributed by atoms with E-state index in [1.54, 1.807) is 0 Å². The van der Waals surface area contributed by atoms with Crippen molar-refractivity contribution in [3.8, 4) is 12.3 Å². The molecule has 0 aliphatic rings.